The van der Waals surface area contributed by atoms with E-state index in [0.717, 1.165) is 12.8 Å². The van der Waals surface area contributed by atoms with E-state index in [1.54, 1.807) is 23.1 Å². The smallest absolute Gasteiger partial charge is 0.227 e. The molecule has 0 radical (unpaired) electrons. The standard InChI is InChI=1S/C14H16FNO2/c15-12-4-2-1-3-10(12)7-13(17)16-8-14(18,9-16)11-5-6-11/h1-4,11,18H,5-9H2. The van der Waals surface area contributed by atoms with Crippen molar-refractivity contribution in [2.24, 2.45) is 5.92 Å². The van der Waals surface area contributed by atoms with Crippen LogP contribution in [0.3, 0.4) is 0 Å². The molecule has 1 saturated carbocycles. The van der Waals surface area contributed by atoms with E-state index in [2.05, 4.69) is 0 Å². The lowest BCUT2D eigenvalue weighted by molar-refractivity contribution is -0.158. The number of halogens is 1. The lowest BCUT2D eigenvalue weighted by Gasteiger charge is -2.47. The molecule has 1 aliphatic heterocycles. The van der Waals surface area contributed by atoms with Crippen molar-refractivity contribution in [2.75, 3.05) is 13.1 Å². The van der Waals surface area contributed by atoms with Crippen molar-refractivity contribution < 1.29 is 14.3 Å². The third-order valence-corrected chi connectivity index (χ3v) is 3.92. The Labute approximate surface area is 105 Å². The van der Waals surface area contributed by atoms with E-state index in [1.165, 1.54) is 6.07 Å². The molecular formula is C14H16FNO2. The molecule has 3 nitrogen and oxygen atoms in total. The van der Waals surface area contributed by atoms with Gasteiger partial charge in [0.25, 0.3) is 0 Å². The highest BCUT2D eigenvalue weighted by atomic mass is 19.1. The summed E-state index contributed by atoms with van der Waals surface area (Å²) in [5.74, 6) is -0.0794. The Morgan fingerprint density at radius 2 is 2.06 bits per heavy atom. The van der Waals surface area contributed by atoms with Crippen molar-refractivity contribution in [3.63, 3.8) is 0 Å². The first kappa shape index (κ1) is 11.7. The van der Waals surface area contributed by atoms with E-state index in [9.17, 15) is 14.3 Å². The first-order valence-corrected chi connectivity index (χ1v) is 6.32. The molecule has 1 N–H and O–H groups in total. The van der Waals surface area contributed by atoms with Crippen LogP contribution in [0.5, 0.6) is 0 Å². The molecule has 1 aromatic carbocycles. The van der Waals surface area contributed by atoms with Gasteiger partial charge in [-0.25, -0.2) is 4.39 Å². The van der Waals surface area contributed by atoms with Crippen molar-refractivity contribution in [3.8, 4) is 0 Å². The van der Waals surface area contributed by atoms with Crippen LogP contribution in [-0.2, 0) is 11.2 Å². The van der Waals surface area contributed by atoms with Crippen LogP contribution in [0.4, 0.5) is 4.39 Å². The lowest BCUT2D eigenvalue weighted by atomic mass is 9.88. The summed E-state index contributed by atoms with van der Waals surface area (Å²) in [6.45, 7) is 0.815. The monoisotopic (exact) mass is 249 g/mol. The molecule has 0 spiro atoms. The minimum absolute atomic E-state index is 0.0768. The summed E-state index contributed by atoms with van der Waals surface area (Å²) in [6.07, 6.45) is 2.20. The fourth-order valence-corrected chi connectivity index (χ4v) is 2.59. The molecule has 3 rings (SSSR count). The second-order valence-corrected chi connectivity index (χ2v) is 5.40. The van der Waals surface area contributed by atoms with Crippen LogP contribution in [0.25, 0.3) is 0 Å². The van der Waals surface area contributed by atoms with Crippen LogP contribution < -0.4 is 0 Å². The zero-order valence-electron chi connectivity index (χ0n) is 10.1. The first-order valence-electron chi connectivity index (χ1n) is 6.32. The Kier molecular flexibility index (Phi) is 2.63. The van der Waals surface area contributed by atoms with Gasteiger partial charge in [0.05, 0.1) is 19.5 Å². The Hall–Kier alpha value is -1.42. The van der Waals surface area contributed by atoms with Crippen LogP contribution in [-0.4, -0.2) is 34.6 Å². The van der Waals surface area contributed by atoms with Crippen molar-refractivity contribution in [1.29, 1.82) is 0 Å². The summed E-state index contributed by atoms with van der Waals surface area (Å²) in [6, 6.07) is 6.32. The van der Waals surface area contributed by atoms with Crippen LogP contribution in [0.2, 0.25) is 0 Å². The van der Waals surface area contributed by atoms with Gasteiger partial charge in [0.1, 0.15) is 11.4 Å². The first-order chi connectivity index (χ1) is 8.58. The number of β-amino-alcohol motifs (C(OH)–C–C–N with tert-alkyl or cyclic N) is 1. The highest BCUT2D eigenvalue weighted by molar-refractivity contribution is 5.80. The molecule has 18 heavy (non-hydrogen) atoms. The van der Waals surface area contributed by atoms with E-state index in [0.29, 0.717) is 24.6 Å². The predicted octanol–water partition coefficient (Wildman–Crippen LogP) is 1.35. The molecule has 0 atom stereocenters. The number of nitrogens with zero attached hydrogens (tertiary/aromatic N) is 1. The summed E-state index contributed by atoms with van der Waals surface area (Å²) in [5.41, 5.74) is -0.241. The molecule has 1 saturated heterocycles. The molecule has 2 fully saturated rings. The zero-order chi connectivity index (χ0) is 12.8. The molecule has 0 unspecified atom stereocenters. The van der Waals surface area contributed by atoms with Gasteiger partial charge in [0.15, 0.2) is 0 Å². The minimum Gasteiger partial charge on any atom is -0.386 e. The summed E-state index contributed by atoms with van der Waals surface area (Å²) in [4.78, 5) is 13.5. The summed E-state index contributed by atoms with van der Waals surface area (Å²) in [7, 11) is 0. The lowest BCUT2D eigenvalue weighted by Crippen LogP contribution is -2.65. The Morgan fingerprint density at radius 1 is 1.39 bits per heavy atom. The van der Waals surface area contributed by atoms with Crippen molar-refractivity contribution in [3.05, 3.63) is 35.6 Å². The van der Waals surface area contributed by atoms with Gasteiger partial charge in [0, 0.05) is 0 Å². The second-order valence-electron chi connectivity index (χ2n) is 5.40. The van der Waals surface area contributed by atoms with Gasteiger partial charge in [0.2, 0.25) is 5.91 Å². The fraction of sp³-hybridized carbons (Fsp3) is 0.500. The summed E-state index contributed by atoms with van der Waals surface area (Å²) >= 11 is 0. The number of benzene rings is 1. The topological polar surface area (TPSA) is 40.5 Å². The molecule has 0 bridgehead atoms. The Morgan fingerprint density at radius 3 is 2.67 bits per heavy atom. The van der Waals surface area contributed by atoms with E-state index in [-0.39, 0.29) is 18.1 Å². The number of aliphatic hydroxyl groups is 1. The Balaban J connectivity index is 1.59. The molecule has 0 aromatic heterocycles. The number of carbonyl (C=O) groups is 1. The molecule has 96 valence electrons. The molecular weight excluding hydrogens is 233 g/mol. The van der Waals surface area contributed by atoms with Crippen LogP contribution in [0, 0.1) is 11.7 Å². The number of likely N-dealkylation sites (tertiary alicyclic amines) is 1. The van der Waals surface area contributed by atoms with E-state index in [1.807, 2.05) is 0 Å². The molecule has 1 heterocycles. The normalized spacial score (nSPS) is 21.6. The zero-order valence-corrected chi connectivity index (χ0v) is 10.1. The maximum Gasteiger partial charge on any atom is 0.227 e. The van der Waals surface area contributed by atoms with Gasteiger partial charge in [-0.1, -0.05) is 18.2 Å². The predicted molar refractivity (Wildman–Crippen MR) is 64.4 cm³/mol. The molecule has 2 aliphatic rings. The number of hydrogen-bond acceptors (Lipinski definition) is 2. The average Bonchev–Trinajstić information content (AvgIpc) is 3.12. The summed E-state index contributed by atoms with van der Waals surface area (Å²) < 4.78 is 13.4. The third-order valence-electron chi connectivity index (χ3n) is 3.92. The third kappa shape index (κ3) is 2.01. The second kappa shape index (κ2) is 4.05. The number of amides is 1. The fourth-order valence-electron chi connectivity index (χ4n) is 2.59. The number of rotatable bonds is 3. The Bertz CT molecular complexity index is 478. The highest BCUT2D eigenvalue weighted by Gasteiger charge is 2.53. The largest absolute Gasteiger partial charge is 0.386 e. The van der Waals surface area contributed by atoms with Gasteiger partial charge in [-0.2, -0.15) is 0 Å². The molecule has 4 heteroatoms. The van der Waals surface area contributed by atoms with E-state index in [4.69, 9.17) is 0 Å². The number of hydrogen-bond donors (Lipinski definition) is 1. The van der Waals surface area contributed by atoms with Crippen molar-refractivity contribution in [2.45, 2.75) is 24.9 Å². The maximum absolute atomic E-state index is 13.4. The quantitative estimate of drug-likeness (QED) is 0.878. The van der Waals surface area contributed by atoms with Gasteiger partial charge < -0.3 is 10.0 Å². The van der Waals surface area contributed by atoms with Crippen LogP contribution in [0.1, 0.15) is 18.4 Å². The van der Waals surface area contributed by atoms with E-state index >= 15 is 0 Å². The van der Waals surface area contributed by atoms with Crippen molar-refractivity contribution in [1.82, 2.24) is 4.90 Å². The molecule has 1 aliphatic carbocycles. The van der Waals surface area contributed by atoms with Crippen molar-refractivity contribution >= 4 is 5.91 Å². The number of carbonyl (C=O) groups excluding carboxylic acids is 1. The van der Waals surface area contributed by atoms with Crippen LogP contribution >= 0.6 is 0 Å². The van der Waals surface area contributed by atoms with Gasteiger partial charge in [-0.15, -0.1) is 0 Å². The minimum atomic E-state index is -0.662. The van der Waals surface area contributed by atoms with Crippen LogP contribution in [0.15, 0.2) is 24.3 Å². The molecule has 1 aromatic rings. The van der Waals surface area contributed by atoms with E-state index < -0.39 is 5.60 Å². The molecule has 1 amide bonds. The SMILES string of the molecule is O=C(Cc1ccccc1F)N1CC(O)(C2CC2)C1. The van der Waals surface area contributed by atoms with Gasteiger partial charge in [-0.05, 0) is 30.4 Å². The van der Waals surface area contributed by atoms with Gasteiger partial charge in [-0.3, -0.25) is 4.79 Å². The average molecular weight is 249 g/mol. The maximum atomic E-state index is 13.4. The summed E-state index contributed by atoms with van der Waals surface area (Å²) in [5, 5.41) is 10.1. The van der Waals surface area contributed by atoms with Gasteiger partial charge >= 0.3 is 0 Å². The highest BCUT2D eigenvalue weighted by Crippen LogP contribution is 2.44.